The number of hydrogen-bond acceptors (Lipinski definition) is 2. The second-order valence-corrected chi connectivity index (χ2v) is 6.13. The summed E-state index contributed by atoms with van der Waals surface area (Å²) in [6.45, 7) is 4.68. The van der Waals surface area contributed by atoms with Crippen LogP contribution in [0.5, 0.6) is 0 Å². The fourth-order valence-corrected chi connectivity index (χ4v) is 4.54. The fraction of sp³-hybridized carbons (Fsp3) is 0.818. The molecule has 0 aromatic rings. The lowest BCUT2D eigenvalue weighted by atomic mass is 9.68. The second kappa shape index (κ2) is 2.83. The number of thiocarbonyl (C=S) groups is 2. The van der Waals surface area contributed by atoms with Gasteiger partial charge < -0.3 is 0 Å². The molecule has 0 radical (unpaired) electrons. The van der Waals surface area contributed by atoms with E-state index in [1.54, 1.807) is 0 Å². The molecule has 72 valence electrons. The molecule has 0 aromatic heterocycles. The van der Waals surface area contributed by atoms with Crippen molar-refractivity contribution in [3.8, 4) is 0 Å². The molecule has 0 saturated heterocycles. The van der Waals surface area contributed by atoms with E-state index in [9.17, 15) is 0 Å². The van der Waals surface area contributed by atoms with Gasteiger partial charge in [-0.2, -0.15) is 0 Å². The summed E-state index contributed by atoms with van der Waals surface area (Å²) in [6, 6.07) is 0. The highest BCUT2D eigenvalue weighted by Crippen LogP contribution is 2.62. The molecule has 0 unspecified atom stereocenters. The standard InChI is InChI=1S/C11H16S2/c1-3-11-6-8(12)4-10(11,2)5-9(13)7-11/h3-7H2,1-2H3. The minimum absolute atomic E-state index is 0.413. The van der Waals surface area contributed by atoms with Gasteiger partial charge in [-0.05, 0) is 52.7 Å². The lowest BCUT2D eigenvalue weighted by molar-refractivity contribution is 0.126. The maximum atomic E-state index is 5.38. The zero-order chi connectivity index (χ0) is 9.69. The summed E-state index contributed by atoms with van der Waals surface area (Å²) in [5.41, 5.74) is 0.858. The van der Waals surface area contributed by atoms with Gasteiger partial charge in [0.05, 0.1) is 0 Å². The van der Waals surface area contributed by atoms with Gasteiger partial charge in [-0.1, -0.05) is 38.3 Å². The van der Waals surface area contributed by atoms with Crippen LogP contribution in [0.1, 0.15) is 46.0 Å². The van der Waals surface area contributed by atoms with Crippen LogP contribution in [0.25, 0.3) is 0 Å². The van der Waals surface area contributed by atoms with Crippen molar-refractivity contribution in [2.45, 2.75) is 46.0 Å². The van der Waals surface area contributed by atoms with E-state index in [0.717, 1.165) is 25.7 Å². The van der Waals surface area contributed by atoms with Gasteiger partial charge in [-0.15, -0.1) is 0 Å². The van der Waals surface area contributed by atoms with E-state index in [-0.39, 0.29) is 0 Å². The second-order valence-electron chi connectivity index (χ2n) is 4.98. The Kier molecular flexibility index (Phi) is 2.12. The van der Waals surface area contributed by atoms with Gasteiger partial charge in [0.1, 0.15) is 0 Å². The summed E-state index contributed by atoms with van der Waals surface area (Å²) in [5.74, 6) is 0. The molecule has 13 heavy (non-hydrogen) atoms. The van der Waals surface area contributed by atoms with E-state index in [2.05, 4.69) is 13.8 Å². The van der Waals surface area contributed by atoms with Crippen LogP contribution >= 0.6 is 24.4 Å². The Bertz CT molecular complexity index is 258. The minimum atomic E-state index is 0.413. The summed E-state index contributed by atoms with van der Waals surface area (Å²) >= 11 is 10.8. The molecular weight excluding hydrogens is 196 g/mol. The quantitative estimate of drug-likeness (QED) is 0.608. The van der Waals surface area contributed by atoms with Crippen molar-refractivity contribution in [2.24, 2.45) is 10.8 Å². The Morgan fingerprint density at radius 1 is 1.08 bits per heavy atom. The molecule has 2 fully saturated rings. The highest BCUT2D eigenvalue weighted by Gasteiger charge is 2.56. The fourth-order valence-electron chi connectivity index (χ4n) is 3.35. The lowest BCUT2D eigenvalue weighted by Gasteiger charge is -2.36. The normalized spacial score (nSPS) is 44.2. The van der Waals surface area contributed by atoms with Gasteiger partial charge in [0.2, 0.25) is 0 Å². The molecular formula is C11H16S2. The van der Waals surface area contributed by atoms with E-state index >= 15 is 0 Å². The zero-order valence-electron chi connectivity index (χ0n) is 8.35. The largest absolute Gasteiger partial charge is 0.0896 e. The Labute approximate surface area is 91.1 Å². The van der Waals surface area contributed by atoms with E-state index in [1.165, 1.54) is 16.1 Å². The maximum Gasteiger partial charge on any atom is -0.00599 e. The third-order valence-electron chi connectivity index (χ3n) is 4.20. The van der Waals surface area contributed by atoms with Crippen LogP contribution in [-0.4, -0.2) is 9.73 Å². The molecule has 0 spiro atoms. The summed E-state index contributed by atoms with van der Waals surface area (Å²) in [7, 11) is 0. The van der Waals surface area contributed by atoms with Gasteiger partial charge in [-0.25, -0.2) is 0 Å². The average molecular weight is 212 g/mol. The van der Waals surface area contributed by atoms with Crippen molar-refractivity contribution in [2.75, 3.05) is 0 Å². The number of fused-ring (bicyclic) bond motifs is 1. The summed E-state index contributed by atoms with van der Waals surface area (Å²) in [4.78, 5) is 2.57. The lowest BCUT2D eigenvalue weighted by Crippen LogP contribution is -2.28. The highest BCUT2D eigenvalue weighted by atomic mass is 32.1. The van der Waals surface area contributed by atoms with E-state index < -0.39 is 0 Å². The molecule has 0 heterocycles. The molecule has 2 saturated carbocycles. The first-order valence-corrected chi connectivity index (χ1v) is 5.86. The Morgan fingerprint density at radius 2 is 1.54 bits per heavy atom. The summed E-state index contributed by atoms with van der Waals surface area (Å²) in [5, 5.41) is 0. The molecule has 0 aromatic carbocycles. The zero-order valence-corrected chi connectivity index (χ0v) is 9.99. The van der Waals surface area contributed by atoms with Gasteiger partial charge in [0, 0.05) is 0 Å². The molecule has 0 atom stereocenters. The van der Waals surface area contributed by atoms with Crippen LogP contribution in [-0.2, 0) is 0 Å². The van der Waals surface area contributed by atoms with Crippen LogP contribution in [0.4, 0.5) is 0 Å². The molecule has 0 N–H and O–H groups in total. The summed E-state index contributed by atoms with van der Waals surface area (Å²) < 4.78 is 0. The molecule has 0 amide bonds. The van der Waals surface area contributed by atoms with Crippen LogP contribution in [0.15, 0.2) is 0 Å². The first-order valence-electron chi connectivity index (χ1n) is 5.05. The van der Waals surface area contributed by atoms with Crippen molar-refractivity contribution < 1.29 is 0 Å². The van der Waals surface area contributed by atoms with Crippen LogP contribution < -0.4 is 0 Å². The third kappa shape index (κ3) is 1.22. The first kappa shape index (κ1) is 9.72. The van der Waals surface area contributed by atoms with Gasteiger partial charge >= 0.3 is 0 Å². The highest BCUT2D eigenvalue weighted by molar-refractivity contribution is 7.80. The molecule has 0 nitrogen and oxygen atoms in total. The van der Waals surface area contributed by atoms with Crippen molar-refractivity contribution in [1.29, 1.82) is 0 Å². The Balaban J connectivity index is 2.39. The molecule has 0 bridgehead atoms. The third-order valence-corrected chi connectivity index (χ3v) is 4.78. The predicted molar refractivity (Wildman–Crippen MR) is 64.5 cm³/mol. The SMILES string of the molecule is CCC12CC(=S)CC1(C)CC(=S)C2. The first-order chi connectivity index (χ1) is 6.01. The summed E-state index contributed by atoms with van der Waals surface area (Å²) in [6.07, 6.45) is 5.81. The van der Waals surface area contributed by atoms with Crippen molar-refractivity contribution in [3.05, 3.63) is 0 Å². The smallest absolute Gasteiger partial charge is 0.00599 e. The van der Waals surface area contributed by atoms with E-state index in [0.29, 0.717) is 10.8 Å². The number of hydrogen-bond donors (Lipinski definition) is 0. The molecule has 2 heteroatoms. The van der Waals surface area contributed by atoms with Crippen LogP contribution in [0.2, 0.25) is 0 Å². The molecule has 2 aliphatic carbocycles. The maximum absolute atomic E-state index is 5.38. The van der Waals surface area contributed by atoms with E-state index in [4.69, 9.17) is 24.4 Å². The molecule has 2 rings (SSSR count). The van der Waals surface area contributed by atoms with Gasteiger partial charge in [0.25, 0.3) is 0 Å². The van der Waals surface area contributed by atoms with Crippen molar-refractivity contribution in [1.82, 2.24) is 0 Å². The molecule has 0 aliphatic heterocycles. The monoisotopic (exact) mass is 212 g/mol. The predicted octanol–water partition coefficient (Wildman–Crippen LogP) is 3.72. The minimum Gasteiger partial charge on any atom is -0.0896 e. The average Bonchev–Trinajstić information content (AvgIpc) is 2.34. The topological polar surface area (TPSA) is 0 Å². The molecule has 2 aliphatic rings. The number of rotatable bonds is 1. The Morgan fingerprint density at radius 3 is 1.85 bits per heavy atom. The van der Waals surface area contributed by atoms with Crippen LogP contribution in [0, 0.1) is 10.8 Å². The van der Waals surface area contributed by atoms with E-state index in [1.807, 2.05) is 0 Å². The Hall–Kier alpha value is 0.180. The van der Waals surface area contributed by atoms with Gasteiger partial charge in [-0.3, -0.25) is 0 Å². The van der Waals surface area contributed by atoms with Crippen molar-refractivity contribution >= 4 is 34.2 Å². The van der Waals surface area contributed by atoms with Gasteiger partial charge in [0.15, 0.2) is 0 Å². The van der Waals surface area contributed by atoms with Crippen LogP contribution in [0.3, 0.4) is 0 Å². The van der Waals surface area contributed by atoms with Crippen molar-refractivity contribution in [3.63, 3.8) is 0 Å².